The molecule has 0 bridgehead atoms. The molecule has 0 aliphatic carbocycles. The van der Waals surface area contributed by atoms with Gasteiger partial charge >= 0.3 is 5.97 Å². The van der Waals surface area contributed by atoms with Crippen LogP contribution in [0.4, 0.5) is 11.4 Å². The average Bonchev–Trinajstić information content (AvgIpc) is 3.27. The number of hydrogen-bond acceptors (Lipinski definition) is 7. The fourth-order valence-electron chi connectivity index (χ4n) is 3.88. The Bertz CT molecular complexity index is 1020. The van der Waals surface area contributed by atoms with Crippen LogP contribution in [0.5, 0.6) is 11.5 Å². The van der Waals surface area contributed by atoms with Gasteiger partial charge in [0.1, 0.15) is 17.5 Å². The molecular weight excluding hydrogens is 388 g/mol. The number of nitrogens with one attached hydrogen (secondary N) is 1. The predicted molar refractivity (Wildman–Crippen MR) is 110 cm³/mol. The van der Waals surface area contributed by atoms with Gasteiger partial charge in [0.15, 0.2) is 6.61 Å². The van der Waals surface area contributed by atoms with E-state index in [1.807, 2.05) is 0 Å². The highest BCUT2D eigenvalue weighted by Gasteiger charge is 2.36. The van der Waals surface area contributed by atoms with E-state index in [2.05, 4.69) is 10.2 Å². The Morgan fingerprint density at radius 2 is 1.97 bits per heavy atom. The van der Waals surface area contributed by atoms with Crippen molar-refractivity contribution in [1.82, 2.24) is 0 Å². The van der Waals surface area contributed by atoms with Crippen molar-refractivity contribution in [3.05, 3.63) is 47.5 Å². The average molecular weight is 410 g/mol. The van der Waals surface area contributed by atoms with Gasteiger partial charge in [-0.2, -0.15) is 0 Å². The van der Waals surface area contributed by atoms with Crippen molar-refractivity contribution in [2.75, 3.05) is 37.6 Å². The van der Waals surface area contributed by atoms with E-state index in [9.17, 15) is 14.4 Å². The lowest BCUT2D eigenvalue weighted by Gasteiger charge is -2.33. The topological polar surface area (TPSA) is 94.2 Å². The van der Waals surface area contributed by atoms with Crippen LogP contribution < -0.4 is 19.7 Å². The lowest BCUT2D eigenvalue weighted by molar-refractivity contribution is -0.117. The quantitative estimate of drug-likeness (QED) is 0.578. The van der Waals surface area contributed by atoms with Crippen molar-refractivity contribution in [1.29, 1.82) is 0 Å². The fourth-order valence-corrected chi connectivity index (χ4v) is 3.88. The van der Waals surface area contributed by atoms with Gasteiger partial charge in [-0.3, -0.25) is 9.59 Å². The van der Waals surface area contributed by atoms with Gasteiger partial charge < -0.3 is 24.4 Å². The Morgan fingerprint density at radius 3 is 2.73 bits per heavy atom. The number of amides is 1. The van der Waals surface area contributed by atoms with Crippen LogP contribution in [0, 0.1) is 0 Å². The monoisotopic (exact) mass is 410 g/mol. The largest absolute Gasteiger partial charge is 0.497 e. The van der Waals surface area contributed by atoms with E-state index in [0.29, 0.717) is 17.2 Å². The third-order valence-electron chi connectivity index (χ3n) is 5.40. The second kappa shape index (κ2) is 8.06. The zero-order valence-corrected chi connectivity index (χ0v) is 16.8. The molecule has 2 aliphatic rings. The predicted octanol–water partition coefficient (Wildman–Crippen LogP) is 2.66. The van der Waals surface area contributed by atoms with Crippen LogP contribution in [0.25, 0.3) is 0 Å². The van der Waals surface area contributed by atoms with E-state index in [1.54, 1.807) is 30.3 Å². The molecule has 1 N–H and O–H groups in total. The molecular formula is C22H22N2O6. The van der Waals surface area contributed by atoms with E-state index >= 15 is 0 Å². The first-order valence-electron chi connectivity index (χ1n) is 9.65. The molecule has 8 heteroatoms. The van der Waals surface area contributed by atoms with Gasteiger partial charge in [-0.05, 0) is 49.2 Å². The highest BCUT2D eigenvalue weighted by atomic mass is 16.5. The molecule has 4 rings (SSSR count). The van der Waals surface area contributed by atoms with Crippen LogP contribution in [0.1, 0.15) is 33.6 Å². The van der Waals surface area contributed by atoms with Crippen LogP contribution in [-0.2, 0) is 9.53 Å². The number of nitrogens with zero attached hydrogens (tertiary/aromatic N) is 1. The molecule has 0 saturated carbocycles. The number of benzene rings is 2. The van der Waals surface area contributed by atoms with Gasteiger partial charge in [0.25, 0.3) is 0 Å². The molecule has 0 unspecified atom stereocenters. The smallest absolute Gasteiger partial charge is 0.338 e. The Morgan fingerprint density at radius 1 is 1.13 bits per heavy atom. The van der Waals surface area contributed by atoms with E-state index in [-0.39, 0.29) is 23.1 Å². The first-order valence-corrected chi connectivity index (χ1v) is 9.65. The second-order valence-corrected chi connectivity index (χ2v) is 7.14. The number of hydrogen-bond donors (Lipinski definition) is 1. The number of Topliss-reactive ketones (excluding diaryl/α,β-unsaturated/α-hetero) is 1. The maximum Gasteiger partial charge on any atom is 0.338 e. The zero-order valence-electron chi connectivity index (χ0n) is 16.8. The van der Waals surface area contributed by atoms with Crippen LogP contribution >= 0.6 is 0 Å². The minimum atomic E-state index is -0.647. The third kappa shape index (κ3) is 3.56. The van der Waals surface area contributed by atoms with Gasteiger partial charge in [0.2, 0.25) is 11.7 Å². The SMILES string of the molecule is COc1ccc(OC)c(C(=O)COC(=O)c2ccc3c(c2)NC(=O)[C@H]2CCCN32)c1. The van der Waals surface area contributed by atoms with Gasteiger partial charge in [-0.25, -0.2) is 4.79 Å². The number of carbonyl (C=O) groups excluding carboxylic acids is 3. The van der Waals surface area contributed by atoms with Crippen molar-refractivity contribution >= 4 is 29.0 Å². The number of carbonyl (C=O) groups is 3. The molecule has 2 heterocycles. The number of anilines is 2. The molecule has 0 aromatic heterocycles. The summed E-state index contributed by atoms with van der Waals surface area (Å²) < 4.78 is 15.5. The summed E-state index contributed by atoms with van der Waals surface area (Å²) in [6.07, 6.45) is 1.78. The molecule has 8 nitrogen and oxygen atoms in total. The van der Waals surface area contributed by atoms with Crippen molar-refractivity contribution < 1.29 is 28.6 Å². The molecule has 1 amide bonds. The molecule has 1 atom stereocenters. The first kappa shape index (κ1) is 19.8. The summed E-state index contributed by atoms with van der Waals surface area (Å²) in [6.45, 7) is 0.367. The maximum atomic E-state index is 12.6. The van der Waals surface area contributed by atoms with Crippen LogP contribution in [0.15, 0.2) is 36.4 Å². The van der Waals surface area contributed by atoms with Crippen molar-refractivity contribution in [2.24, 2.45) is 0 Å². The molecule has 1 fully saturated rings. The molecule has 0 radical (unpaired) electrons. The fraction of sp³-hybridized carbons (Fsp3) is 0.318. The molecule has 2 aromatic rings. The van der Waals surface area contributed by atoms with Gasteiger partial charge in [-0.1, -0.05) is 0 Å². The lowest BCUT2D eigenvalue weighted by Crippen LogP contribution is -2.43. The number of rotatable bonds is 6. The third-order valence-corrected chi connectivity index (χ3v) is 5.40. The molecule has 156 valence electrons. The summed E-state index contributed by atoms with van der Waals surface area (Å²) in [5.41, 5.74) is 2.00. The van der Waals surface area contributed by atoms with E-state index in [1.165, 1.54) is 20.3 Å². The Hall–Kier alpha value is -3.55. The Labute approximate surface area is 173 Å². The number of ether oxygens (including phenoxy) is 3. The summed E-state index contributed by atoms with van der Waals surface area (Å²) in [6, 6.07) is 9.71. The Kier molecular flexibility index (Phi) is 5.31. The van der Waals surface area contributed by atoms with Gasteiger partial charge in [-0.15, -0.1) is 0 Å². The number of methoxy groups -OCH3 is 2. The van der Waals surface area contributed by atoms with Crippen LogP contribution in [0.2, 0.25) is 0 Å². The van der Waals surface area contributed by atoms with Gasteiger partial charge in [0.05, 0.1) is 36.7 Å². The Balaban J connectivity index is 1.47. The minimum Gasteiger partial charge on any atom is -0.497 e. The lowest BCUT2D eigenvalue weighted by atomic mass is 10.1. The summed E-state index contributed by atoms with van der Waals surface area (Å²) >= 11 is 0. The number of ketones is 1. The van der Waals surface area contributed by atoms with Crippen molar-refractivity contribution in [3.8, 4) is 11.5 Å². The molecule has 30 heavy (non-hydrogen) atoms. The van der Waals surface area contributed by atoms with E-state index in [0.717, 1.165) is 25.1 Å². The molecule has 0 spiro atoms. The summed E-state index contributed by atoms with van der Waals surface area (Å²) in [5.74, 6) is -0.258. The highest BCUT2D eigenvalue weighted by molar-refractivity contribution is 6.06. The highest BCUT2D eigenvalue weighted by Crippen LogP contribution is 2.37. The molecule has 1 saturated heterocycles. The number of fused-ring (bicyclic) bond motifs is 3. The van der Waals surface area contributed by atoms with E-state index in [4.69, 9.17) is 14.2 Å². The van der Waals surface area contributed by atoms with Crippen LogP contribution in [0.3, 0.4) is 0 Å². The van der Waals surface area contributed by atoms with Crippen molar-refractivity contribution in [2.45, 2.75) is 18.9 Å². The second-order valence-electron chi connectivity index (χ2n) is 7.14. The standard InChI is InChI=1S/C22H22N2O6/c1-28-14-6-8-20(29-2)15(11-14)19(25)12-30-22(27)13-5-7-17-16(10-13)23-21(26)18-4-3-9-24(17)18/h5-8,10-11,18H,3-4,9,12H2,1-2H3,(H,23,26)/t18-/m1/s1. The molecule has 2 aliphatic heterocycles. The normalized spacial score (nSPS) is 16.9. The number of esters is 1. The van der Waals surface area contributed by atoms with Crippen LogP contribution in [-0.4, -0.2) is 51.1 Å². The maximum absolute atomic E-state index is 12.6. The van der Waals surface area contributed by atoms with Gasteiger partial charge in [0, 0.05) is 6.54 Å². The minimum absolute atomic E-state index is 0.0641. The summed E-state index contributed by atoms with van der Waals surface area (Å²) in [4.78, 5) is 39.4. The van der Waals surface area contributed by atoms with E-state index < -0.39 is 18.4 Å². The van der Waals surface area contributed by atoms with Crippen molar-refractivity contribution in [3.63, 3.8) is 0 Å². The summed E-state index contributed by atoms with van der Waals surface area (Å²) in [7, 11) is 2.95. The zero-order chi connectivity index (χ0) is 21.3. The summed E-state index contributed by atoms with van der Waals surface area (Å²) in [5, 5.41) is 2.86. The first-order chi connectivity index (χ1) is 14.5. The molecule has 2 aromatic carbocycles.